The second kappa shape index (κ2) is 4.78. The molecule has 2 saturated heterocycles. The van der Waals surface area contributed by atoms with Gasteiger partial charge in [-0.2, -0.15) is 0 Å². The van der Waals surface area contributed by atoms with Crippen molar-refractivity contribution in [3.05, 3.63) is 11.9 Å². The molecule has 116 valence electrons. The molecule has 3 rings (SSSR count). The molecule has 7 heteroatoms. The lowest BCUT2D eigenvalue weighted by Crippen LogP contribution is -2.58. The number of hydrogen-bond donors (Lipinski definition) is 1. The largest absolute Gasteiger partial charge is 0.366 e. The van der Waals surface area contributed by atoms with Crippen LogP contribution < -0.4 is 5.32 Å². The molecule has 0 spiro atoms. The zero-order chi connectivity index (χ0) is 15.3. The molecular formula is C14H23N5O2. The number of nitrogens with one attached hydrogen (secondary N) is 1. The fraction of sp³-hybridized carbons (Fsp3) is 0.786. The van der Waals surface area contributed by atoms with E-state index in [1.54, 1.807) is 10.9 Å². The maximum atomic E-state index is 12.7. The molecule has 1 amide bonds. The molecular weight excluding hydrogens is 270 g/mol. The van der Waals surface area contributed by atoms with E-state index in [2.05, 4.69) is 15.6 Å². The highest BCUT2D eigenvalue weighted by molar-refractivity contribution is 5.92. The van der Waals surface area contributed by atoms with E-state index in [4.69, 9.17) is 4.74 Å². The first-order chi connectivity index (χ1) is 9.76. The number of aromatic nitrogens is 3. The van der Waals surface area contributed by atoms with Crippen molar-refractivity contribution in [1.29, 1.82) is 0 Å². The smallest absolute Gasteiger partial charge is 0.276 e. The maximum Gasteiger partial charge on any atom is 0.276 e. The van der Waals surface area contributed by atoms with E-state index in [1.165, 1.54) is 0 Å². The minimum Gasteiger partial charge on any atom is -0.366 e. The molecule has 3 heterocycles. The van der Waals surface area contributed by atoms with Gasteiger partial charge in [-0.05, 0) is 27.7 Å². The van der Waals surface area contributed by atoms with Crippen molar-refractivity contribution in [2.75, 3.05) is 26.2 Å². The summed E-state index contributed by atoms with van der Waals surface area (Å²) in [5.41, 5.74) is -0.299. The molecule has 0 aliphatic carbocycles. The number of carbonyl (C=O) groups excluding carboxylic acids is 1. The minimum atomic E-state index is -0.356. The number of rotatable bonds is 2. The van der Waals surface area contributed by atoms with Crippen molar-refractivity contribution in [3.8, 4) is 0 Å². The van der Waals surface area contributed by atoms with Crippen LogP contribution in [0.25, 0.3) is 0 Å². The third-order valence-electron chi connectivity index (χ3n) is 3.85. The molecule has 0 atom stereocenters. The zero-order valence-electron chi connectivity index (χ0n) is 13.1. The summed E-state index contributed by atoms with van der Waals surface area (Å²) in [4.78, 5) is 14.5. The highest BCUT2D eigenvalue weighted by Crippen LogP contribution is 2.28. The Balaban J connectivity index is 1.76. The Hall–Kier alpha value is -1.47. The van der Waals surface area contributed by atoms with Gasteiger partial charge in [0.15, 0.2) is 5.69 Å². The summed E-state index contributed by atoms with van der Waals surface area (Å²) in [6.45, 7) is 10.9. The molecule has 0 radical (unpaired) electrons. The molecule has 0 unspecified atom stereocenters. The molecule has 7 nitrogen and oxygen atoms in total. The normalized spacial score (nSPS) is 24.7. The van der Waals surface area contributed by atoms with Gasteiger partial charge in [0, 0.05) is 26.2 Å². The van der Waals surface area contributed by atoms with E-state index in [0.717, 1.165) is 13.1 Å². The van der Waals surface area contributed by atoms with Crippen LogP contribution in [0.3, 0.4) is 0 Å². The Labute approximate surface area is 124 Å². The highest BCUT2D eigenvalue weighted by Gasteiger charge is 2.40. The summed E-state index contributed by atoms with van der Waals surface area (Å²) < 4.78 is 7.78. The van der Waals surface area contributed by atoms with Gasteiger partial charge in [0.2, 0.25) is 0 Å². The van der Waals surface area contributed by atoms with Crippen LogP contribution in [0.15, 0.2) is 6.20 Å². The average molecular weight is 293 g/mol. The standard InChI is InChI=1S/C14H23N5O2/c1-13(2)8-18(9-14(3,4)21-13)12(20)11-7-19(17-16-11)10-5-15-6-10/h7,10,15H,5-6,8-9H2,1-4H3. The third-order valence-corrected chi connectivity index (χ3v) is 3.85. The van der Waals surface area contributed by atoms with Crippen molar-refractivity contribution in [2.45, 2.75) is 44.9 Å². The summed E-state index contributed by atoms with van der Waals surface area (Å²) in [5, 5.41) is 11.3. The summed E-state index contributed by atoms with van der Waals surface area (Å²) in [6.07, 6.45) is 1.75. The van der Waals surface area contributed by atoms with Crippen LogP contribution >= 0.6 is 0 Å². The summed E-state index contributed by atoms with van der Waals surface area (Å²) in [7, 11) is 0. The van der Waals surface area contributed by atoms with Gasteiger partial charge in [0.1, 0.15) is 0 Å². The van der Waals surface area contributed by atoms with Gasteiger partial charge in [-0.1, -0.05) is 5.21 Å². The van der Waals surface area contributed by atoms with Gasteiger partial charge in [-0.15, -0.1) is 5.10 Å². The quantitative estimate of drug-likeness (QED) is 0.857. The molecule has 0 bridgehead atoms. The van der Waals surface area contributed by atoms with E-state index in [1.807, 2.05) is 32.6 Å². The molecule has 0 saturated carbocycles. The number of nitrogens with zero attached hydrogens (tertiary/aromatic N) is 4. The highest BCUT2D eigenvalue weighted by atomic mass is 16.5. The third kappa shape index (κ3) is 2.94. The van der Waals surface area contributed by atoms with E-state index < -0.39 is 0 Å². The van der Waals surface area contributed by atoms with Gasteiger partial charge in [0.25, 0.3) is 5.91 Å². The lowest BCUT2D eigenvalue weighted by Gasteiger charge is -2.46. The van der Waals surface area contributed by atoms with Crippen molar-refractivity contribution in [3.63, 3.8) is 0 Å². The van der Waals surface area contributed by atoms with Crippen LogP contribution in [-0.4, -0.2) is 63.2 Å². The van der Waals surface area contributed by atoms with Crippen molar-refractivity contribution in [1.82, 2.24) is 25.2 Å². The lowest BCUT2D eigenvalue weighted by atomic mass is 9.98. The van der Waals surface area contributed by atoms with Crippen LogP contribution in [0.1, 0.15) is 44.2 Å². The fourth-order valence-corrected chi connectivity index (χ4v) is 3.11. The molecule has 1 N–H and O–H groups in total. The lowest BCUT2D eigenvalue weighted by molar-refractivity contribution is -0.171. The van der Waals surface area contributed by atoms with Gasteiger partial charge >= 0.3 is 0 Å². The first-order valence-corrected chi connectivity index (χ1v) is 7.38. The van der Waals surface area contributed by atoms with Gasteiger partial charge in [-0.3, -0.25) is 4.79 Å². The molecule has 0 aromatic carbocycles. The van der Waals surface area contributed by atoms with Crippen molar-refractivity contribution >= 4 is 5.91 Å². The molecule has 2 fully saturated rings. The Bertz CT molecular complexity index is 531. The van der Waals surface area contributed by atoms with E-state index in [0.29, 0.717) is 24.8 Å². The SMILES string of the molecule is CC1(C)CN(C(=O)c2cn(C3CNC3)nn2)CC(C)(C)O1. The first-order valence-electron chi connectivity index (χ1n) is 7.38. The van der Waals surface area contributed by atoms with Crippen molar-refractivity contribution < 1.29 is 9.53 Å². The Kier molecular flexibility index (Phi) is 3.29. The monoisotopic (exact) mass is 293 g/mol. The molecule has 1 aromatic rings. The zero-order valence-corrected chi connectivity index (χ0v) is 13.1. The predicted molar refractivity (Wildman–Crippen MR) is 77.1 cm³/mol. The molecule has 21 heavy (non-hydrogen) atoms. The first kappa shape index (κ1) is 14.5. The number of carbonyl (C=O) groups is 1. The second-order valence-electron chi connectivity index (χ2n) is 7.18. The van der Waals surface area contributed by atoms with Gasteiger partial charge in [0.05, 0.1) is 23.4 Å². The van der Waals surface area contributed by atoms with Crippen LogP contribution in [0.5, 0.6) is 0 Å². The van der Waals surface area contributed by atoms with Crippen LogP contribution in [0.4, 0.5) is 0 Å². The number of ether oxygens (including phenoxy) is 1. The predicted octanol–water partition coefficient (Wildman–Crippen LogP) is 0.452. The van der Waals surface area contributed by atoms with E-state index in [9.17, 15) is 4.79 Å². The van der Waals surface area contributed by atoms with Gasteiger partial charge < -0.3 is 15.0 Å². The Morgan fingerprint density at radius 3 is 2.43 bits per heavy atom. The number of morpholine rings is 1. The number of amides is 1. The molecule has 1 aromatic heterocycles. The van der Waals surface area contributed by atoms with Crippen LogP contribution in [0, 0.1) is 0 Å². The van der Waals surface area contributed by atoms with Gasteiger partial charge in [-0.25, -0.2) is 4.68 Å². The fourth-order valence-electron chi connectivity index (χ4n) is 3.11. The van der Waals surface area contributed by atoms with Crippen molar-refractivity contribution in [2.24, 2.45) is 0 Å². The molecule has 2 aliphatic heterocycles. The Morgan fingerprint density at radius 1 is 1.29 bits per heavy atom. The average Bonchev–Trinajstić information content (AvgIpc) is 2.70. The topological polar surface area (TPSA) is 72.3 Å². The molecule has 2 aliphatic rings. The second-order valence-corrected chi connectivity index (χ2v) is 7.18. The summed E-state index contributed by atoms with van der Waals surface area (Å²) in [6, 6.07) is 0.316. The Morgan fingerprint density at radius 2 is 1.90 bits per heavy atom. The van der Waals surface area contributed by atoms with E-state index >= 15 is 0 Å². The van der Waals surface area contributed by atoms with Crippen LogP contribution in [0.2, 0.25) is 0 Å². The van der Waals surface area contributed by atoms with Crippen LogP contribution in [-0.2, 0) is 4.74 Å². The summed E-state index contributed by atoms with van der Waals surface area (Å²) >= 11 is 0. The maximum absolute atomic E-state index is 12.7. The number of hydrogen-bond acceptors (Lipinski definition) is 5. The summed E-state index contributed by atoms with van der Waals surface area (Å²) in [5.74, 6) is -0.0713. The van der Waals surface area contributed by atoms with E-state index in [-0.39, 0.29) is 17.1 Å². The minimum absolute atomic E-state index is 0.0713.